The number of amides is 2. The van der Waals surface area contributed by atoms with Gasteiger partial charge in [0.05, 0.1) is 5.92 Å². The molecule has 2 atom stereocenters. The lowest BCUT2D eigenvalue weighted by atomic mass is 9.88. The van der Waals surface area contributed by atoms with Gasteiger partial charge in [-0.15, -0.1) is 0 Å². The first kappa shape index (κ1) is 21.8. The highest BCUT2D eigenvalue weighted by molar-refractivity contribution is 6.03. The van der Waals surface area contributed by atoms with Gasteiger partial charge in [0.1, 0.15) is 5.60 Å². The van der Waals surface area contributed by atoms with Crippen molar-refractivity contribution in [3.63, 3.8) is 0 Å². The molecule has 1 fully saturated rings. The Morgan fingerprint density at radius 1 is 1.00 bits per heavy atom. The number of anilines is 1. The fourth-order valence-electron chi connectivity index (χ4n) is 4.27. The van der Waals surface area contributed by atoms with E-state index in [-0.39, 0.29) is 23.8 Å². The standard InChI is InChI=1S/C26H29N3O3/c1-17-19-11-8-12-23(20(19)13-14-27-17)28-24(30)22-16-29(25(31)32-26(2,3)4)15-21(22)18-9-6-5-7-10-18/h5-14,21-22H,15-16H2,1-4H3,(H,28,30)/t21-,22+/m0/s1. The molecule has 2 heterocycles. The molecule has 0 aliphatic carbocycles. The molecule has 6 nitrogen and oxygen atoms in total. The number of pyridine rings is 1. The Morgan fingerprint density at radius 2 is 1.75 bits per heavy atom. The summed E-state index contributed by atoms with van der Waals surface area (Å²) in [6, 6.07) is 17.6. The van der Waals surface area contributed by atoms with Crippen LogP contribution in [0.25, 0.3) is 10.8 Å². The van der Waals surface area contributed by atoms with Crippen LogP contribution in [0.2, 0.25) is 0 Å². The van der Waals surface area contributed by atoms with Crippen molar-refractivity contribution >= 4 is 28.5 Å². The summed E-state index contributed by atoms with van der Waals surface area (Å²) in [7, 11) is 0. The lowest BCUT2D eigenvalue weighted by Crippen LogP contribution is -2.36. The molecule has 1 N–H and O–H groups in total. The molecule has 0 unspecified atom stereocenters. The predicted octanol–water partition coefficient (Wildman–Crippen LogP) is 5.13. The average molecular weight is 432 g/mol. The van der Waals surface area contributed by atoms with Gasteiger partial charge in [0.25, 0.3) is 0 Å². The van der Waals surface area contributed by atoms with Gasteiger partial charge in [-0.25, -0.2) is 4.79 Å². The quantitative estimate of drug-likeness (QED) is 0.624. The summed E-state index contributed by atoms with van der Waals surface area (Å²) in [6.07, 6.45) is 1.36. The SMILES string of the molecule is Cc1nccc2c(NC(=O)[C@@H]3CN(C(=O)OC(C)(C)C)C[C@H]3c3ccccc3)cccc12. The Morgan fingerprint density at radius 3 is 2.47 bits per heavy atom. The van der Waals surface area contributed by atoms with E-state index in [1.54, 1.807) is 11.1 Å². The third-order valence-electron chi connectivity index (χ3n) is 5.80. The Labute approximate surface area is 188 Å². The zero-order chi connectivity index (χ0) is 22.9. The molecule has 1 saturated heterocycles. The molecule has 0 saturated carbocycles. The van der Waals surface area contributed by atoms with Crippen LogP contribution in [-0.2, 0) is 9.53 Å². The number of ether oxygens (including phenoxy) is 1. The molecule has 1 aliphatic rings. The summed E-state index contributed by atoms with van der Waals surface area (Å²) in [6.45, 7) is 8.24. The second kappa shape index (κ2) is 8.61. The molecule has 0 bridgehead atoms. The van der Waals surface area contributed by atoms with E-state index in [4.69, 9.17) is 4.74 Å². The van der Waals surface area contributed by atoms with E-state index >= 15 is 0 Å². The van der Waals surface area contributed by atoms with Crippen molar-refractivity contribution < 1.29 is 14.3 Å². The lowest BCUT2D eigenvalue weighted by Gasteiger charge is -2.24. The summed E-state index contributed by atoms with van der Waals surface area (Å²) in [5.74, 6) is -0.600. The van der Waals surface area contributed by atoms with Gasteiger partial charge in [0, 0.05) is 47.4 Å². The van der Waals surface area contributed by atoms with Gasteiger partial charge in [-0.2, -0.15) is 0 Å². The minimum atomic E-state index is -0.589. The molecule has 2 amide bonds. The predicted molar refractivity (Wildman–Crippen MR) is 126 cm³/mol. The number of nitrogens with zero attached hydrogens (tertiary/aromatic N) is 2. The van der Waals surface area contributed by atoms with Crippen LogP contribution in [0.15, 0.2) is 60.8 Å². The number of carbonyl (C=O) groups is 2. The van der Waals surface area contributed by atoms with Crippen LogP contribution >= 0.6 is 0 Å². The van der Waals surface area contributed by atoms with Crippen molar-refractivity contribution in [2.75, 3.05) is 18.4 Å². The minimum absolute atomic E-state index is 0.105. The molecule has 1 aromatic heterocycles. The molecule has 166 valence electrons. The van der Waals surface area contributed by atoms with Crippen LogP contribution in [0.4, 0.5) is 10.5 Å². The highest BCUT2D eigenvalue weighted by Gasteiger charge is 2.41. The summed E-state index contributed by atoms with van der Waals surface area (Å²) < 4.78 is 5.57. The van der Waals surface area contributed by atoms with Gasteiger partial charge in [0.2, 0.25) is 5.91 Å². The first-order valence-corrected chi connectivity index (χ1v) is 10.9. The monoisotopic (exact) mass is 431 g/mol. The van der Waals surface area contributed by atoms with Crippen molar-refractivity contribution in [3.8, 4) is 0 Å². The number of rotatable bonds is 3. The third-order valence-corrected chi connectivity index (χ3v) is 5.80. The number of hydrogen-bond donors (Lipinski definition) is 1. The molecular weight excluding hydrogens is 402 g/mol. The highest BCUT2D eigenvalue weighted by atomic mass is 16.6. The minimum Gasteiger partial charge on any atom is -0.444 e. The van der Waals surface area contributed by atoms with E-state index in [0.717, 1.165) is 27.7 Å². The molecule has 3 aromatic rings. The number of likely N-dealkylation sites (tertiary alicyclic amines) is 1. The molecule has 1 aliphatic heterocycles. The topological polar surface area (TPSA) is 71.5 Å². The van der Waals surface area contributed by atoms with E-state index in [1.165, 1.54) is 0 Å². The Kier molecular flexibility index (Phi) is 5.87. The maximum atomic E-state index is 13.5. The van der Waals surface area contributed by atoms with Crippen LogP contribution in [0, 0.1) is 12.8 Å². The summed E-state index contributed by atoms with van der Waals surface area (Å²) in [4.78, 5) is 32.2. The summed E-state index contributed by atoms with van der Waals surface area (Å²) in [5.41, 5.74) is 2.11. The molecule has 4 rings (SSSR count). The highest BCUT2D eigenvalue weighted by Crippen LogP contribution is 2.35. The lowest BCUT2D eigenvalue weighted by molar-refractivity contribution is -0.119. The molecule has 0 spiro atoms. The number of fused-ring (bicyclic) bond motifs is 1. The van der Waals surface area contributed by atoms with Gasteiger partial charge in [-0.3, -0.25) is 9.78 Å². The van der Waals surface area contributed by atoms with Gasteiger partial charge in [-0.05, 0) is 45.4 Å². The van der Waals surface area contributed by atoms with Gasteiger partial charge in [0.15, 0.2) is 0 Å². The van der Waals surface area contributed by atoms with Gasteiger partial charge < -0.3 is 15.0 Å². The Balaban J connectivity index is 1.61. The molecule has 0 radical (unpaired) electrons. The number of hydrogen-bond acceptors (Lipinski definition) is 4. The first-order valence-electron chi connectivity index (χ1n) is 10.9. The molecule has 6 heteroatoms. The Bertz CT molecular complexity index is 1140. The van der Waals surface area contributed by atoms with Crippen molar-refractivity contribution in [3.05, 3.63) is 72.1 Å². The fourth-order valence-corrected chi connectivity index (χ4v) is 4.27. The number of aromatic nitrogens is 1. The van der Waals surface area contributed by atoms with Crippen LogP contribution in [-0.4, -0.2) is 40.6 Å². The number of nitrogens with one attached hydrogen (secondary N) is 1. The van der Waals surface area contributed by atoms with Crippen LogP contribution in [0.3, 0.4) is 0 Å². The van der Waals surface area contributed by atoms with Crippen LogP contribution in [0.1, 0.15) is 37.9 Å². The third kappa shape index (κ3) is 4.59. The maximum absolute atomic E-state index is 13.5. The number of carbonyl (C=O) groups excluding carboxylic acids is 2. The second-order valence-corrected chi connectivity index (χ2v) is 9.30. The van der Waals surface area contributed by atoms with Crippen molar-refractivity contribution in [2.45, 2.75) is 39.2 Å². The van der Waals surface area contributed by atoms with Crippen molar-refractivity contribution in [2.24, 2.45) is 5.92 Å². The molecular formula is C26H29N3O3. The van der Waals surface area contributed by atoms with Gasteiger partial charge in [-0.1, -0.05) is 42.5 Å². The normalized spacial score (nSPS) is 18.6. The Hall–Kier alpha value is -3.41. The van der Waals surface area contributed by atoms with E-state index in [2.05, 4.69) is 10.3 Å². The zero-order valence-corrected chi connectivity index (χ0v) is 19.0. The van der Waals surface area contributed by atoms with Gasteiger partial charge >= 0.3 is 6.09 Å². The second-order valence-electron chi connectivity index (χ2n) is 9.30. The van der Waals surface area contributed by atoms with E-state index in [1.807, 2.05) is 82.3 Å². The number of aryl methyl sites for hydroxylation is 1. The fraction of sp³-hybridized carbons (Fsp3) is 0.346. The maximum Gasteiger partial charge on any atom is 0.410 e. The average Bonchev–Trinajstić information content (AvgIpc) is 3.20. The number of benzene rings is 2. The zero-order valence-electron chi connectivity index (χ0n) is 19.0. The summed E-state index contributed by atoms with van der Waals surface area (Å²) >= 11 is 0. The smallest absolute Gasteiger partial charge is 0.410 e. The van der Waals surface area contributed by atoms with E-state index < -0.39 is 5.60 Å². The van der Waals surface area contributed by atoms with Crippen LogP contribution in [0.5, 0.6) is 0 Å². The largest absolute Gasteiger partial charge is 0.444 e. The molecule has 2 aromatic carbocycles. The van der Waals surface area contributed by atoms with E-state index in [9.17, 15) is 9.59 Å². The molecule has 32 heavy (non-hydrogen) atoms. The van der Waals surface area contributed by atoms with Crippen molar-refractivity contribution in [1.29, 1.82) is 0 Å². The van der Waals surface area contributed by atoms with E-state index in [0.29, 0.717) is 13.1 Å². The first-order chi connectivity index (χ1) is 15.2. The van der Waals surface area contributed by atoms with Crippen molar-refractivity contribution in [1.82, 2.24) is 9.88 Å². The summed E-state index contributed by atoms with van der Waals surface area (Å²) in [5, 5.41) is 5.07. The van der Waals surface area contributed by atoms with Crippen LogP contribution < -0.4 is 5.32 Å².